The first kappa shape index (κ1) is 19.8. The quantitative estimate of drug-likeness (QED) is 0.411. The molecular weight excluding hydrogens is 395 g/mol. The number of hydrogen-bond acceptors (Lipinski definition) is 3. The van der Waals surface area contributed by atoms with Crippen LogP contribution in [0, 0.1) is 11.3 Å². The van der Waals surface area contributed by atoms with Gasteiger partial charge in [-0.05, 0) is 36.8 Å². The minimum absolute atomic E-state index is 0.0547. The van der Waals surface area contributed by atoms with Crippen molar-refractivity contribution in [2.24, 2.45) is 0 Å². The summed E-state index contributed by atoms with van der Waals surface area (Å²) in [6, 6.07) is 19.8. The van der Waals surface area contributed by atoms with E-state index in [4.69, 9.17) is 27.6 Å². The van der Waals surface area contributed by atoms with Crippen LogP contribution in [0.15, 0.2) is 70.7 Å². The Balaban J connectivity index is 1.80. The van der Waals surface area contributed by atoms with E-state index in [1.807, 2.05) is 43.3 Å². The summed E-state index contributed by atoms with van der Waals surface area (Å²) in [5.74, 6) is 0.386. The van der Waals surface area contributed by atoms with Gasteiger partial charge in [-0.3, -0.25) is 4.79 Å². The Bertz CT molecular complexity index is 1070. The third-order valence-corrected chi connectivity index (χ3v) is 4.96. The monoisotopic (exact) mass is 410 g/mol. The molecule has 1 N–H and O–H groups in total. The Hall–Kier alpha value is -3.00. The molecule has 0 unspecified atom stereocenters. The maximum absolute atomic E-state index is 12.5. The highest BCUT2D eigenvalue weighted by Crippen LogP contribution is 2.34. The Morgan fingerprint density at radius 3 is 2.57 bits per heavy atom. The zero-order valence-corrected chi connectivity index (χ0v) is 16.5. The van der Waals surface area contributed by atoms with E-state index in [-0.39, 0.29) is 11.6 Å². The molecule has 0 fully saturated rings. The van der Waals surface area contributed by atoms with E-state index in [9.17, 15) is 10.1 Å². The van der Waals surface area contributed by atoms with Gasteiger partial charge in [0.05, 0.1) is 16.1 Å². The van der Waals surface area contributed by atoms with E-state index in [2.05, 4.69) is 5.32 Å². The second-order valence-electron chi connectivity index (χ2n) is 6.08. The maximum atomic E-state index is 12.5. The number of carbonyl (C=O) groups is 1. The second kappa shape index (κ2) is 8.79. The normalized spacial score (nSPS) is 12.3. The number of halogens is 2. The Labute approximate surface area is 173 Å². The van der Waals surface area contributed by atoms with Gasteiger partial charge in [0.2, 0.25) is 0 Å². The van der Waals surface area contributed by atoms with Gasteiger partial charge in [-0.25, -0.2) is 0 Å². The molecular formula is C22H16Cl2N2O2. The fourth-order valence-corrected chi connectivity index (χ4v) is 3.05. The van der Waals surface area contributed by atoms with Crippen LogP contribution in [-0.2, 0) is 4.79 Å². The van der Waals surface area contributed by atoms with Crippen molar-refractivity contribution in [2.75, 3.05) is 0 Å². The van der Waals surface area contributed by atoms with E-state index in [0.29, 0.717) is 27.1 Å². The zero-order valence-electron chi connectivity index (χ0n) is 14.9. The van der Waals surface area contributed by atoms with Crippen molar-refractivity contribution in [3.8, 4) is 17.4 Å². The highest BCUT2D eigenvalue weighted by molar-refractivity contribution is 6.43. The van der Waals surface area contributed by atoms with Crippen LogP contribution in [0.2, 0.25) is 10.0 Å². The topological polar surface area (TPSA) is 66.0 Å². The predicted molar refractivity (Wildman–Crippen MR) is 111 cm³/mol. The first-order valence-electron chi connectivity index (χ1n) is 8.51. The number of furan rings is 1. The molecule has 1 aromatic heterocycles. The van der Waals surface area contributed by atoms with Crippen LogP contribution in [0.3, 0.4) is 0 Å². The Morgan fingerprint density at radius 2 is 1.86 bits per heavy atom. The van der Waals surface area contributed by atoms with Crippen molar-refractivity contribution in [1.29, 1.82) is 5.26 Å². The molecule has 1 atom stereocenters. The smallest absolute Gasteiger partial charge is 0.262 e. The highest BCUT2D eigenvalue weighted by atomic mass is 35.5. The molecule has 4 nitrogen and oxygen atoms in total. The van der Waals surface area contributed by atoms with Crippen LogP contribution in [0.5, 0.6) is 0 Å². The molecule has 0 saturated heterocycles. The zero-order chi connectivity index (χ0) is 20.1. The van der Waals surface area contributed by atoms with Crippen LogP contribution < -0.4 is 5.32 Å². The van der Waals surface area contributed by atoms with Gasteiger partial charge >= 0.3 is 0 Å². The number of rotatable bonds is 5. The molecule has 0 aliphatic heterocycles. The summed E-state index contributed by atoms with van der Waals surface area (Å²) in [4.78, 5) is 12.5. The van der Waals surface area contributed by atoms with Gasteiger partial charge < -0.3 is 9.73 Å². The van der Waals surface area contributed by atoms with Gasteiger partial charge in [-0.15, -0.1) is 0 Å². The third-order valence-electron chi connectivity index (χ3n) is 4.14. The molecule has 0 radical (unpaired) electrons. The molecule has 0 bridgehead atoms. The molecule has 0 aliphatic rings. The van der Waals surface area contributed by atoms with Crippen LogP contribution in [0.25, 0.3) is 17.4 Å². The minimum atomic E-state index is -0.474. The molecule has 2 aromatic carbocycles. The summed E-state index contributed by atoms with van der Waals surface area (Å²) in [5, 5.41) is 13.0. The number of nitrogens with zero attached hydrogens (tertiary/aromatic N) is 1. The lowest BCUT2D eigenvalue weighted by molar-refractivity contribution is -0.117. The number of hydrogen-bond donors (Lipinski definition) is 1. The van der Waals surface area contributed by atoms with Crippen LogP contribution in [0.4, 0.5) is 0 Å². The average Bonchev–Trinajstić information content (AvgIpc) is 3.17. The summed E-state index contributed by atoms with van der Waals surface area (Å²) >= 11 is 12.2. The van der Waals surface area contributed by atoms with E-state index in [1.54, 1.807) is 30.3 Å². The lowest BCUT2D eigenvalue weighted by Crippen LogP contribution is -2.27. The molecule has 1 heterocycles. The molecule has 0 aliphatic carbocycles. The van der Waals surface area contributed by atoms with Gasteiger partial charge in [-0.1, -0.05) is 59.6 Å². The van der Waals surface area contributed by atoms with E-state index in [1.165, 1.54) is 6.08 Å². The molecule has 3 rings (SSSR count). The lowest BCUT2D eigenvalue weighted by Gasteiger charge is -2.13. The predicted octanol–water partition coefficient (Wildman–Crippen LogP) is 6.04. The number of nitriles is 1. The average molecular weight is 411 g/mol. The highest BCUT2D eigenvalue weighted by Gasteiger charge is 2.15. The third kappa shape index (κ3) is 4.45. The van der Waals surface area contributed by atoms with Crippen molar-refractivity contribution in [1.82, 2.24) is 5.32 Å². The summed E-state index contributed by atoms with van der Waals surface area (Å²) in [5.41, 5.74) is 1.53. The maximum Gasteiger partial charge on any atom is 0.262 e. The van der Waals surface area contributed by atoms with E-state index >= 15 is 0 Å². The molecule has 1 amide bonds. The Kier molecular flexibility index (Phi) is 6.20. The lowest BCUT2D eigenvalue weighted by atomic mass is 10.1. The van der Waals surface area contributed by atoms with Crippen molar-refractivity contribution >= 4 is 35.2 Å². The van der Waals surface area contributed by atoms with Crippen molar-refractivity contribution in [2.45, 2.75) is 13.0 Å². The van der Waals surface area contributed by atoms with Gasteiger partial charge in [0, 0.05) is 11.6 Å². The SMILES string of the molecule is C[C@H](NC(=O)/C(C#N)=C/c1ccc(-c2cccc(Cl)c2Cl)o1)c1ccccc1. The van der Waals surface area contributed by atoms with Crippen molar-refractivity contribution in [3.05, 3.63) is 87.6 Å². The van der Waals surface area contributed by atoms with Crippen LogP contribution in [-0.4, -0.2) is 5.91 Å². The first-order valence-corrected chi connectivity index (χ1v) is 9.27. The summed E-state index contributed by atoms with van der Waals surface area (Å²) in [6.45, 7) is 1.86. The standard InChI is InChI=1S/C22H16Cl2N2O2/c1-14(15-6-3-2-4-7-15)26-22(27)16(13-25)12-17-10-11-20(28-17)18-8-5-9-19(23)21(18)24/h2-12,14H,1H3,(H,26,27)/b16-12+/t14-/m0/s1. The van der Waals surface area contributed by atoms with Crippen LogP contribution in [0.1, 0.15) is 24.3 Å². The number of nitrogens with one attached hydrogen (secondary N) is 1. The summed E-state index contributed by atoms with van der Waals surface area (Å²) in [6.07, 6.45) is 1.40. The first-order chi connectivity index (χ1) is 13.5. The number of carbonyl (C=O) groups excluding carboxylic acids is 1. The molecule has 28 heavy (non-hydrogen) atoms. The van der Waals surface area contributed by atoms with Gasteiger partial charge in [0.25, 0.3) is 5.91 Å². The largest absolute Gasteiger partial charge is 0.457 e. The molecule has 140 valence electrons. The van der Waals surface area contributed by atoms with Gasteiger partial charge in [-0.2, -0.15) is 5.26 Å². The van der Waals surface area contributed by atoms with Gasteiger partial charge in [0.15, 0.2) is 0 Å². The van der Waals surface area contributed by atoms with Crippen LogP contribution >= 0.6 is 23.2 Å². The van der Waals surface area contributed by atoms with Crippen molar-refractivity contribution < 1.29 is 9.21 Å². The molecule has 0 spiro atoms. The molecule has 6 heteroatoms. The van der Waals surface area contributed by atoms with Gasteiger partial charge in [0.1, 0.15) is 23.2 Å². The summed E-state index contributed by atoms with van der Waals surface area (Å²) in [7, 11) is 0. The molecule has 3 aromatic rings. The van der Waals surface area contributed by atoms with Crippen molar-refractivity contribution in [3.63, 3.8) is 0 Å². The van der Waals surface area contributed by atoms with E-state index < -0.39 is 5.91 Å². The summed E-state index contributed by atoms with van der Waals surface area (Å²) < 4.78 is 5.73. The minimum Gasteiger partial charge on any atom is -0.457 e. The van der Waals surface area contributed by atoms with E-state index in [0.717, 1.165) is 5.56 Å². The fourth-order valence-electron chi connectivity index (χ4n) is 2.66. The fraction of sp³-hybridized carbons (Fsp3) is 0.0909. The second-order valence-corrected chi connectivity index (χ2v) is 6.86. The Morgan fingerprint density at radius 1 is 1.11 bits per heavy atom. The molecule has 0 saturated carbocycles. The number of amides is 1. The number of benzene rings is 2.